The molecule has 5 rings (SSSR count). The smallest absolute Gasteiger partial charge is 0.249 e. The van der Waals surface area contributed by atoms with Crippen molar-refractivity contribution < 1.29 is 0 Å². The van der Waals surface area contributed by atoms with E-state index in [2.05, 4.69) is 64.3 Å². The van der Waals surface area contributed by atoms with E-state index in [0.717, 1.165) is 34.6 Å². The first-order valence-electron chi connectivity index (χ1n) is 9.59. The van der Waals surface area contributed by atoms with Gasteiger partial charge in [0, 0.05) is 29.3 Å². The van der Waals surface area contributed by atoms with E-state index in [1.807, 2.05) is 0 Å². The highest BCUT2D eigenvalue weighted by molar-refractivity contribution is 7.11. The molecule has 5 aromatic rings. The van der Waals surface area contributed by atoms with Crippen LogP contribution in [0.15, 0.2) is 43.8 Å². The maximum absolute atomic E-state index is 13.1. The van der Waals surface area contributed by atoms with Crippen molar-refractivity contribution in [2.75, 3.05) is 10.9 Å². The summed E-state index contributed by atoms with van der Waals surface area (Å²) in [5.41, 5.74) is 5.43. The second kappa shape index (κ2) is 9.52. The number of aromatic nitrogens is 7. The van der Waals surface area contributed by atoms with Crippen LogP contribution in [0.25, 0.3) is 11.0 Å². The average molecular weight is 525 g/mol. The highest BCUT2D eigenvalue weighted by Gasteiger charge is 2.09. The normalized spacial score (nSPS) is 12.7. The molecule has 0 amide bonds. The second-order valence-electron chi connectivity index (χ2n) is 6.66. The number of anilines is 2. The van der Waals surface area contributed by atoms with Crippen molar-refractivity contribution in [1.29, 1.82) is 5.41 Å². The Morgan fingerprint density at radius 1 is 0.971 bits per heavy atom. The lowest BCUT2D eigenvalue weighted by molar-refractivity contribution is 1.04. The molecule has 0 aliphatic carbocycles. The number of aryl methyl sites for hydroxylation is 2. The van der Waals surface area contributed by atoms with Crippen LogP contribution in [0, 0.1) is 19.3 Å². The van der Waals surface area contributed by atoms with E-state index in [1.165, 1.54) is 12.4 Å². The largest absolute Gasteiger partial charge is 0.296 e. The first-order valence-corrected chi connectivity index (χ1v) is 11.9. The van der Waals surface area contributed by atoms with Gasteiger partial charge in [0.15, 0.2) is 11.0 Å². The van der Waals surface area contributed by atoms with E-state index in [9.17, 15) is 4.79 Å². The summed E-state index contributed by atoms with van der Waals surface area (Å²) in [6.45, 7) is 3.45. The summed E-state index contributed by atoms with van der Waals surface area (Å²) in [6.07, 6.45) is 2.98. The molecule has 0 atom stereocenters. The predicted molar refractivity (Wildman–Crippen MR) is 128 cm³/mol. The third-order valence-electron chi connectivity index (χ3n) is 4.20. The van der Waals surface area contributed by atoms with Gasteiger partial charge in [0.05, 0.1) is 5.39 Å². The van der Waals surface area contributed by atoms with Crippen LogP contribution in [0.3, 0.4) is 0 Å². The lowest BCUT2D eigenvalue weighted by Gasteiger charge is -1.97. The Morgan fingerprint density at radius 2 is 1.80 bits per heavy atom. The molecule has 0 aliphatic rings. The quantitative estimate of drug-likeness (QED) is 0.215. The monoisotopic (exact) mass is 524 g/mol. The molecular formula is C17H12N14OS3. The number of fused-ring (bicyclic) bond motifs is 1. The van der Waals surface area contributed by atoms with Crippen molar-refractivity contribution >= 4 is 66.6 Å². The van der Waals surface area contributed by atoms with Crippen LogP contribution in [0.4, 0.5) is 21.0 Å². The van der Waals surface area contributed by atoms with Crippen LogP contribution in [0.2, 0.25) is 0 Å². The average Bonchev–Trinajstić information content (AvgIpc) is 3.58. The van der Waals surface area contributed by atoms with Gasteiger partial charge in [-0.3, -0.25) is 21.1 Å². The molecule has 18 heteroatoms. The molecule has 35 heavy (non-hydrogen) atoms. The van der Waals surface area contributed by atoms with Gasteiger partial charge >= 0.3 is 0 Å². The Labute approximate surface area is 206 Å². The van der Waals surface area contributed by atoms with Gasteiger partial charge in [0.2, 0.25) is 15.7 Å². The van der Waals surface area contributed by atoms with Crippen molar-refractivity contribution in [2.24, 2.45) is 20.4 Å². The van der Waals surface area contributed by atoms with Crippen LogP contribution in [-0.2, 0) is 0 Å². The molecule has 0 radical (unpaired) electrons. The Bertz CT molecular complexity index is 1790. The number of benzene rings is 1. The van der Waals surface area contributed by atoms with Crippen LogP contribution in [-0.4, -0.2) is 33.1 Å². The molecular weight excluding hydrogens is 512 g/mol. The molecule has 15 nitrogen and oxygen atoms in total. The zero-order chi connectivity index (χ0) is 24.4. The summed E-state index contributed by atoms with van der Waals surface area (Å²) in [4.78, 5) is 29.4. The highest BCUT2D eigenvalue weighted by Crippen LogP contribution is 2.24. The van der Waals surface area contributed by atoms with E-state index in [-0.39, 0.29) is 21.8 Å². The third kappa shape index (κ3) is 4.83. The summed E-state index contributed by atoms with van der Waals surface area (Å²) >= 11 is 3.25. The molecule has 3 N–H and O–H groups in total. The lowest BCUT2D eigenvalue weighted by atomic mass is 10.2. The maximum Gasteiger partial charge on any atom is 0.249 e. The molecule has 4 aromatic heterocycles. The van der Waals surface area contributed by atoms with Crippen LogP contribution in [0.1, 0.15) is 11.6 Å². The van der Waals surface area contributed by atoms with E-state index in [4.69, 9.17) is 5.41 Å². The predicted octanol–water partition coefficient (Wildman–Crippen LogP) is 1.39. The molecule has 0 saturated carbocycles. The van der Waals surface area contributed by atoms with Gasteiger partial charge in [-0.2, -0.15) is 23.3 Å². The van der Waals surface area contributed by atoms with Crippen molar-refractivity contribution in [3.63, 3.8) is 0 Å². The van der Waals surface area contributed by atoms with E-state index < -0.39 is 5.43 Å². The minimum atomic E-state index is -0.605. The number of rotatable bonds is 6. The third-order valence-corrected chi connectivity index (χ3v) is 6.36. The zero-order valence-electron chi connectivity index (χ0n) is 17.8. The minimum absolute atomic E-state index is 0.0456. The number of hydrogen-bond acceptors (Lipinski definition) is 18. The van der Waals surface area contributed by atoms with Crippen LogP contribution in [0.5, 0.6) is 0 Å². The fourth-order valence-corrected chi connectivity index (χ4v) is 4.32. The topological polar surface area (TPSA) is 205 Å². The summed E-state index contributed by atoms with van der Waals surface area (Å²) in [5, 5.41) is 26.2. The van der Waals surface area contributed by atoms with Gasteiger partial charge in [-0.15, -0.1) is 10.2 Å². The zero-order valence-corrected chi connectivity index (χ0v) is 20.2. The Kier molecular flexibility index (Phi) is 6.12. The Hall–Kier alpha value is -4.29. The summed E-state index contributed by atoms with van der Waals surface area (Å²) in [7, 11) is 0. The van der Waals surface area contributed by atoms with Crippen molar-refractivity contribution in [3.8, 4) is 0 Å². The molecule has 0 fully saturated rings. The molecule has 0 saturated heterocycles. The highest BCUT2D eigenvalue weighted by atomic mass is 32.1. The van der Waals surface area contributed by atoms with Gasteiger partial charge in [-0.05, 0) is 31.4 Å². The molecule has 174 valence electrons. The molecule has 0 spiro atoms. The van der Waals surface area contributed by atoms with E-state index >= 15 is 0 Å². The van der Waals surface area contributed by atoms with Gasteiger partial charge in [0.25, 0.3) is 0 Å². The number of hydrogen-bond donors (Lipinski definition) is 3. The van der Waals surface area contributed by atoms with Crippen LogP contribution < -0.4 is 32.4 Å². The first kappa shape index (κ1) is 22.5. The molecule has 0 bridgehead atoms. The molecule has 0 unspecified atom stereocenters. The lowest BCUT2D eigenvalue weighted by Crippen LogP contribution is -2.48. The standard InChI is InChI=1S/C17H12N14OS3/c1-6-21-16(34-29-6)27-23-9-3-10(24-26-15-8-4-19-5-20-14(8)31-33-15)13(32)12(11(9)18)25-28-17-22-7(2)30-35-17/h3-5,18,26H,1-2H3,(H,22,28,30)/b18-11?,24-10-,25-12+,27-23?. The van der Waals surface area contributed by atoms with Crippen LogP contribution >= 0.6 is 34.6 Å². The summed E-state index contributed by atoms with van der Waals surface area (Å²) in [5.74, 6) is 1.11. The van der Waals surface area contributed by atoms with Gasteiger partial charge in [-0.25, -0.2) is 19.9 Å². The molecule has 0 aliphatic heterocycles. The van der Waals surface area contributed by atoms with Gasteiger partial charge in [0.1, 0.15) is 39.4 Å². The Balaban J connectivity index is 1.60. The summed E-state index contributed by atoms with van der Waals surface area (Å²) < 4.78 is 12.3. The summed E-state index contributed by atoms with van der Waals surface area (Å²) in [6, 6.07) is 1.34. The van der Waals surface area contributed by atoms with E-state index in [1.54, 1.807) is 20.0 Å². The number of nitrogens with one attached hydrogen (secondary N) is 3. The Morgan fingerprint density at radius 3 is 2.57 bits per heavy atom. The first-order chi connectivity index (χ1) is 17.0. The SMILES string of the molecule is Cc1nsc(N=Nc2c/c(=N/Nc3snc4ncncc34)c(=O)/c(=N/Nc3nc(C)ns3)c2=N)n1. The van der Waals surface area contributed by atoms with E-state index in [0.29, 0.717) is 37.9 Å². The molecule has 1 aromatic carbocycles. The minimum Gasteiger partial charge on any atom is -0.296 e. The van der Waals surface area contributed by atoms with Crippen molar-refractivity contribution in [2.45, 2.75) is 13.8 Å². The fourth-order valence-electron chi connectivity index (χ4n) is 2.65. The van der Waals surface area contributed by atoms with Crippen molar-refractivity contribution in [1.82, 2.24) is 33.1 Å². The molecule has 4 heterocycles. The fraction of sp³-hybridized carbons (Fsp3) is 0.118. The van der Waals surface area contributed by atoms with Crippen molar-refractivity contribution in [3.05, 3.63) is 56.5 Å². The second-order valence-corrected chi connectivity index (χ2v) is 8.91. The van der Waals surface area contributed by atoms with Gasteiger partial charge in [-0.1, -0.05) is 0 Å². The number of nitrogens with zero attached hydrogens (tertiary/aromatic N) is 11. The van der Waals surface area contributed by atoms with Gasteiger partial charge < -0.3 is 0 Å². The number of azo groups is 1. The maximum atomic E-state index is 13.1.